The van der Waals surface area contributed by atoms with Gasteiger partial charge in [-0.2, -0.15) is 0 Å². The molecule has 0 amide bonds. The summed E-state index contributed by atoms with van der Waals surface area (Å²) in [5.41, 5.74) is 0. The lowest BCUT2D eigenvalue weighted by Crippen LogP contribution is -2.30. The number of hydrogen-bond donors (Lipinski definition) is 0. The normalized spacial score (nSPS) is 11.5. The average molecular weight is 322 g/mol. The molecular weight excluding hydrogens is 280 g/mol. The highest BCUT2D eigenvalue weighted by Crippen LogP contribution is 2.11. The predicted octanol–water partition coefficient (Wildman–Crippen LogP) is 6.13. The van der Waals surface area contributed by atoms with Crippen LogP contribution in [0.15, 0.2) is 18.7 Å². The summed E-state index contributed by atoms with van der Waals surface area (Å²) >= 11 is 0. The first-order chi connectivity index (χ1) is 11.2. The van der Waals surface area contributed by atoms with E-state index in [0.717, 1.165) is 5.92 Å². The molecule has 2 heteroatoms. The van der Waals surface area contributed by atoms with Gasteiger partial charge in [-0.25, -0.2) is 9.13 Å². The highest BCUT2D eigenvalue weighted by molar-refractivity contribution is 4.66. The van der Waals surface area contributed by atoms with Crippen LogP contribution in [0.1, 0.15) is 97.8 Å². The molecule has 134 valence electrons. The fourth-order valence-corrected chi connectivity index (χ4v) is 3.16. The number of imidazole rings is 1. The molecule has 0 bridgehead atoms. The van der Waals surface area contributed by atoms with Crippen molar-refractivity contribution in [2.75, 3.05) is 0 Å². The zero-order chi connectivity index (χ0) is 16.8. The van der Waals surface area contributed by atoms with E-state index in [2.05, 4.69) is 48.6 Å². The zero-order valence-electron chi connectivity index (χ0n) is 16.1. The highest BCUT2D eigenvalue weighted by Gasteiger charge is 2.03. The third kappa shape index (κ3) is 11.4. The molecule has 0 spiro atoms. The molecule has 0 aliphatic rings. The van der Waals surface area contributed by atoms with Gasteiger partial charge in [-0.15, -0.1) is 0 Å². The molecule has 0 saturated heterocycles. The Kier molecular flexibility index (Phi) is 12.0. The first-order valence-electron chi connectivity index (χ1n) is 10.3. The molecule has 0 saturated carbocycles. The maximum absolute atomic E-state index is 2.37. The van der Waals surface area contributed by atoms with Crippen LogP contribution in [0.2, 0.25) is 0 Å². The van der Waals surface area contributed by atoms with Gasteiger partial charge in [0.25, 0.3) is 0 Å². The van der Waals surface area contributed by atoms with Crippen LogP contribution in [0.5, 0.6) is 0 Å². The predicted molar refractivity (Wildman–Crippen MR) is 101 cm³/mol. The van der Waals surface area contributed by atoms with Crippen molar-refractivity contribution in [2.24, 2.45) is 5.92 Å². The van der Waals surface area contributed by atoms with Crippen LogP contribution in [0, 0.1) is 5.92 Å². The second-order valence-electron chi connectivity index (χ2n) is 7.61. The van der Waals surface area contributed by atoms with Gasteiger partial charge in [0, 0.05) is 0 Å². The standard InChI is InChI=1S/C21H41N2/c1-4-5-6-10-13-16-22-18-19-23(20-22)17-14-11-8-7-9-12-15-21(2)3/h18-21H,4-17H2,1-3H3/q+1. The summed E-state index contributed by atoms with van der Waals surface area (Å²) in [6, 6.07) is 0. The van der Waals surface area contributed by atoms with Gasteiger partial charge in [-0.1, -0.05) is 72.1 Å². The number of rotatable bonds is 15. The van der Waals surface area contributed by atoms with E-state index in [9.17, 15) is 0 Å². The summed E-state index contributed by atoms with van der Waals surface area (Å²) in [6.07, 6.45) is 23.4. The lowest BCUT2D eigenvalue weighted by Gasteiger charge is -2.04. The van der Waals surface area contributed by atoms with E-state index < -0.39 is 0 Å². The van der Waals surface area contributed by atoms with Crippen molar-refractivity contribution in [1.29, 1.82) is 0 Å². The quantitative estimate of drug-likeness (QED) is 0.271. The third-order valence-corrected chi connectivity index (χ3v) is 4.71. The minimum atomic E-state index is 0.877. The van der Waals surface area contributed by atoms with E-state index in [1.54, 1.807) is 0 Å². The number of nitrogens with zero attached hydrogens (tertiary/aromatic N) is 2. The summed E-state index contributed by atoms with van der Waals surface area (Å²) in [5, 5.41) is 0. The Morgan fingerprint density at radius 2 is 1.48 bits per heavy atom. The largest absolute Gasteiger partial charge is 0.243 e. The van der Waals surface area contributed by atoms with E-state index in [4.69, 9.17) is 0 Å². The molecule has 0 aromatic carbocycles. The molecule has 0 unspecified atom stereocenters. The van der Waals surface area contributed by atoms with E-state index in [1.165, 1.54) is 90.1 Å². The lowest BCUT2D eigenvalue weighted by atomic mass is 10.0. The van der Waals surface area contributed by atoms with Crippen molar-refractivity contribution < 1.29 is 4.57 Å². The van der Waals surface area contributed by atoms with Crippen LogP contribution in [-0.4, -0.2) is 4.57 Å². The zero-order valence-corrected chi connectivity index (χ0v) is 16.1. The molecular formula is C21H41N2+. The Hall–Kier alpha value is -0.790. The van der Waals surface area contributed by atoms with Crippen LogP contribution in [0.25, 0.3) is 0 Å². The molecule has 1 aromatic rings. The summed E-state index contributed by atoms with van der Waals surface area (Å²) in [4.78, 5) is 0. The van der Waals surface area contributed by atoms with Crippen LogP contribution < -0.4 is 4.57 Å². The molecule has 2 nitrogen and oxygen atoms in total. The van der Waals surface area contributed by atoms with Gasteiger partial charge in [0.1, 0.15) is 12.4 Å². The smallest absolute Gasteiger partial charge is 0.237 e. The van der Waals surface area contributed by atoms with Crippen molar-refractivity contribution in [3.63, 3.8) is 0 Å². The second kappa shape index (κ2) is 13.6. The van der Waals surface area contributed by atoms with Crippen LogP contribution >= 0.6 is 0 Å². The first-order valence-corrected chi connectivity index (χ1v) is 10.3. The molecule has 0 N–H and O–H groups in total. The molecule has 0 aliphatic carbocycles. The molecule has 1 aromatic heterocycles. The fraction of sp³-hybridized carbons (Fsp3) is 0.857. The number of hydrogen-bond acceptors (Lipinski definition) is 0. The Morgan fingerprint density at radius 3 is 2.22 bits per heavy atom. The maximum Gasteiger partial charge on any atom is 0.243 e. The highest BCUT2D eigenvalue weighted by atomic mass is 15.1. The SMILES string of the molecule is CCCCCCC[n+]1ccn(CCCCCCCCC(C)C)c1. The van der Waals surface area contributed by atoms with E-state index in [-0.39, 0.29) is 0 Å². The van der Waals surface area contributed by atoms with Crippen molar-refractivity contribution in [2.45, 2.75) is 111 Å². The van der Waals surface area contributed by atoms with Gasteiger partial charge in [-0.05, 0) is 31.6 Å². The molecule has 0 aliphatic heterocycles. The maximum atomic E-state index is 2.37. The third-order valence-electron chi connectivity index (χ3n) is 4.71. The first kappa shape index (κ1) is 20.3. The van der Waals surface area contributed by atoms with E-state index in [0.29, 0.717) is 0 Å². The van der Waals surface area contributed by atoms with Gasteiger partial charge in [0.2, 0.25) is 6.33 Å². The van der Waals surface area contributed by atoms with Gasteiger partial charge in [0.05, 0.1) is 13.1 Å². The van der Waals surface area contributed by atoms with Gasteiger partial charge in [-0.3, -0.25) is 0 Å². The Labute approximate surface area is 145 Å². The Morgan fingerprint density at radius 1 is 0.826 bits per heavy atom. The van der Waals surface area contributed by atoms with Gasteiger partial charge >= 0.3 is 0 Å². The second-order valence-corrected chi connectivity index (χ2v) is 7.61. The van der Waals surface area contributed by atoms with Crippen LogP contribution in [0.4, 0.5) is 0 Å². The summed E-state index contributed by atoms with van der Waals surface area (Å²) in [7, 11) is 0. The number of aryl methyl sites for hydroxylation is 2. The van der Waals surface area contributed by atoms with Crippen molar-refractivity contribution in [1.82, 2.24) is 4.57 Å². The van der Waals surface area contributed by atoms with Gasteiger partial charge < -0.3 is 0 Å². The number of aromatic nitrogens is 2. The molecule has 0 radical (unpaired) electrons. The molecule has 1 rings (SSSR count). The van der Waals surface area contributed by atoms with Crippen molar-refractivity contribution in [3.05, 3.63) is 18.7 Å². The fourth-order valence-electron chi connectivity index (χ4n) is 3.16. The van der Waals surface area contributed by atoms with Crippen molar-refractivity contribution in [3.8, 4) is 0 Å². The molecule has 23 heavy (non-hydrogen) atoms. The monoisotopic (exact) mass is 321 g/mol. The number of unbranched alkanes of at least 4 members (excludes halogenated alkanes) is 9. The molecule has 0 fully saturated rings. The lowest BCUT2D eigenvalue weighted by molar-refractivity contribution is -0.696. The van der Waals surface area contributed by atoms with Crippen LogP contribution in [0.3, 0.4) is 0 Å². The summed E-state index contributed by atoms with van der Waals surface area (Å²) < 4.78 is 4.72. The minimum absolute atomic E-state index is 0.877. The van der Waals surface area contributed by atoms with E-state index >= 15 is 0 Å². The molecule has 0 atom stereocenters. The van der Waals surface area contributed by atoms with Crippen LogP contribution in [-0.2, 0) is 13.1 Å². The van der Waals surface area contributed by atoms with E-state index in [1.807, 2.05) is 0 Å². The van der Waals surface area contributed by atoms with Gasteiger partial charge in [0.15, 0.2) is 0 Å². The van der Waals surface area contributed by atoms with Crippen molar-refractivity contribution >= 4 is 0 Å². The minimum Gasteiger partial charge on any atom is -0.237 e. The summed E-state index contributed by atoms with van der Waals surface area (Å²) in [6.45, 7) is 9.31. The summed E-state index contributed by atoms with van der Waals surface area (Å²) in [5.74, 6) is 0.877. The topological polar surface area (TPSA) is 8.81 Å². The average Bonchev–Trinajstić information content (AvgIpc) is 2.97. The molecule has 1 heterocycles. The Bertz CT molecular complexity index is 368. The Balaban J connectivity index is 1.97.